The molecular weight excluding hydrogens is 294 g/mol. The predicted molar refractivity (Wildman–Crippen MR) is 101 cm³/mol. The van der Waals surface area contributed by atoms with Crippen molar-refractivity contribution in [2.45, 2.75) is 52.5 Å². The molecular formula is C22H31NO. The van der Waals surface area contributed by atoms with Crippen molar-refractivity contribution in [1.82, 2.24) is 4.90 Å². The first-order chi connectivity index (χ1) is 11.5. The second-order valence-corrected chi connectivity index (χ2v) is 7.82. The molecule has 2 unspecified atom stereocenters. The first kappa shape index (κ1) is 17.1. The lowest BCUT2D eigenvalue weighted by molar-refractivity contribution is 0.0484. The van der Waals surface area contributed by atoms with Gasteiger partial charge in [-0.1, -0.05) is 44.2 Å². The molecule has 2 atom stereocenters. The SMILES string of the molecule is CCc1ccccc1OCCN1C2=CC=CCC2C(C)CC1(C)C. The van der Waals surface area contributed by atoms with Crippen LogP contribution in [0.1, 0.15) is 46.1 Å². The van der Waals surface area contributed by atoms with E-state index in [4.69, 9.17) is 4.74 Å². The van der Waals surface area contributed by atoms with Crippen LogP contribution in [-0.2, 0) is 6.42 Å². The molecule has 0 N–H and O–H groups in total. The summed E-state index contributed by atoms with van der Waals surface area (Å²) in [5, 5.41) is 0. The fourth-order valence-corrected chi connectivity index (χ4v) is 4.46. The minimum atomic E-state index is 0.195. The van der Waals surface area contributed by atoms with Gasteiger partial charge in [-0.25, -0.2) is 0 Å². The van der Waals surface area contributed by atoms with Gasteiger partial charge in [0, 0.05) is 17.2 Å². The van der Waals surface area contributed by atoms with Crippen molar-refractivity contribution in [3.63, 3.8) is 0 Å². The Hall–Kier alpha value is -1.70. The second kappa shape index (κ2) is 7.04. The Morgan fingerprint density at radius 1 is 1.25 bits per heavy atom. The van der Waals surface area contributed by atoms with Crippen LogP contribution in [0.5, 0.6) is 5.75 Å². The summed E-state index contributed by atoms with van der Waals surface area (Å²) in [6.07, 6.45) is 10.3. The largest absolute Gasteiger partial charge is 0.491 e. The van der Waals surface area contributed by atoms with Crippen molar-refractivity contribution in [3.8, 4) is 5.75 Å². The smallest absolute Gasteiger partial charge is 0.122 e. The third-order valence-electron chi connectivity index (χ3n) is 5.65. The van der Waals surface area contributed by atoms with E-state index < -0.39 is 0 Å². The monoisotopic (exact) mass is 325 g/mol. The van der Waals surface area contributed by atoms with E-state index >= 15 is 0 Å². The van der Waals surface area contributed by atoms with Crippen molar-refractivity contribution in [1.29, 1.82) is 0 Å². The predicted octanol–water partition coefficient (Wildman–Crippen LogP) is 5.21. The zero-order valence-electron chi connectivity index (χ0n) is 15.6. The highest BCUT2D eigenvalue weighted by molar-refractivity contribution is 5.33. The van der Waals surface area contributed by atoms with Gasteiger partial charge in [0.25, 0.3) is 0 Å². The van der Waals surface area contributed by atoms with Crippen LogP contribution >= 0.6 is 0 Å². The van der Waals surface area contributed by atoms with Gasteiger partial charge in [-0.3, -0.25) is 0 Å². The number of hydrogen-bond donors (Lipinski definition) is 0. The molecule has 1 aromatic rings. The fourth-order valence-electron chi connectivity index (χ4n) is 4.46. The molecule has 2 nitrogen and oxygen atoms in total. The third kappa shape index (κ3) is 3.38. The number of aryl methyl sites for hydroxylation is 1. The summed E-state index contributed by atoms with van der Waals surface area (Å²) in [5.41, 5.74) is 3.00. The molecule has 1 aromatic carbocycles. The van der Waals surface area contributed by atoms with Crippen molar-refractivity contribution in [2.24, 2.45) is 11.8 Å². The molecule has 1 aliphatic heterocycles. The number of allylic oxidation sites excluding steroid dienone is 4. The Morgan fingerprint density at radius 2 is 2.04 bits per heavy atom. The summed E-state index contributed by atoms with van der Waals surface area (Å²) in [7, 11) is 0. The average Bonchev–Trinajstić information content (AvgIpc) is 2.57. The molecule has 0 radical (unpaired) electrons. The van der Waals surface area contributed by atoms with Gasteiger partial charge in [-0.15, -0.1) is 0 Å². The quantitative estimate of drug-likeness (QED) is 0.737. The summed E-state index contributed by atoms with van der Waals surface area (Å²) in [4.78, 5) is 2.59. The third-order valence-corrected chi connectivity index (χ3v) is 5.65. The molecule has 0 amide bonds. The maximum absolute atomic E-state index is 6.14. The van der Waals surface area contributed by atoms with Crippen molar-refractivity contribution >= 4 is 0 Å². The van der Waals surface area contributed by atoms with Crippen LogP contribution in [0.4, 0.5) is 0 Å². The number of para-hydroxylation sites is 1. The van der Waals surface area contributed by atoms with Gasteiger partial charge in [0.1, 0.15) is 12.4 Å². The molecule has 3 rings (SSSR count). The molecule has 1 aliphatic carbocycles. The van der Waals surface area contributed by atoms with Crippen LogP contribution < -0.4 is 4.74 Å². The number of likely N-dealkylation sites (tertiary alicyclic amines) is 1. The molecule has 1 heterocycles. The minimum Gasteiger partial charge on any atom is -0.491 e. The second-order valence-electron chi connectivity index (χ2n) is 7.82. The number of rotatable bonds is 5. The van der Waals surface area contributed by atoms with Gasteiger partial charge in [-0.2, -0.15) is 0 Å². The number of ether oxygens (including phenoxy) is 1. The van der Waals surface area contributed by atoms with Crippen molar-refractivity contribution < 1.29 is 4.74 Å². The van der Waals surface area contributed by atoms with E-state index in [2.05, 4.69) is 75.1 Å². The van der Waals surface area contributed by atoms with Crippen LogP contribution in [-0.4, -0.2) is 23.6 Å². The Morgan fingerprint density at radius 3 is 2.83 bits per heavy atom. The minimum absolute atomic E-state index is 0.195. The van der Waals surface area contributed by atoms with Gasteiger partial charge in [0.05, 0.1) is 6.54 Å². The average molecular weight is 325 g/mol. The summed E-state index contributed by atoms with van der Waals surface area (Å²) >= 11 is 0. The van der Waals surface area contributed by atoms with Gasteiger partial charge in [0.2, 0.25) is 0 Å². The van der Waals surface area contributed by atoms with Crippen LogP contribution in [0.15, 0.2) is 48.2 Å². The Balaban J connectivity index is 1.70. The van der Waals surface area contributed by atoms with Crippen molar-refractivity contribution in [3.05, 3.63) is 53.8 Å². The van der Waals surface area contributed by atoms with E-state index in [0.717, 1.165) is 31.2 Å². The molecule has 1 fully saturated rings. The van der Waals surface area contributed by atoms with E-state index in [1.54, 1.807) is 0 Å². The summed E-state index contributed by atoms with van der Waals surface area (Å²) in [6, 6.07) is 8.40. The highest BCUT2D eigenvalue weighted by atomic mass is 16.5. The van der Waals surface area contributed by atoms with Crippen LogP contribution in [0.25, 0.3) is 0 Å². The lowest BCUT2D eigenvalue weighted by Gasteiger charge is -2.52. The lowest BCUT2D eigenvalue weighted by atomic mass is 9.72. The number of hydrogen-bond acceptors (Lipinski definition) is 2. The lowest BCUT2D eigenvalue weighted by Crippen LogP contribution is -2.53. The molecule has 0 bridgehead atoms. The first-order valence-corrected chi connectivity index (χ1v) is 9.38. The van der Waals surface area contributed by atoms with Gasteiger partial charge in [-0.05, 0) is 56.7 Å². The number of benzene rings is 1. The Bertz CT molecular complexity index is 629. The van der Waals surface area contributed by atoms with E-state index in [0.29, 0.717) is 5.92 Å². The molecule has 1 saturated heterocycles. The van der Waals surface area contributed by atoms with Gasteiger partial charge in [0.15, 0.2) is 0 Å². The normalized spacial score (nSPS) is 25.2. The molecule has 0 aromatic heterocycles. The van der Waals surface area contributed by atoms with Crippen LogP contribution in [0, 0.1) is 11.8 Å². The van der Waals surface area contributed by atoms with E-state index in [9.17, 15) is 0 Å². The summed E-state index contributed by atoms with van der Waals surface area (Å²) in [5.74, 6) is 2.46. The van der Waals surface area contributed by atoms with Gasteiger partial charge < -0.3 is 9.64 Å². The van der Waals surface area contributed by atoms with Crippen molar-refractivity contribution in [2.75, 3.05) is 13.2 Å². The van der Waals surface area contributed by atoms with Crippen LogP contribution in [0.2, 0.25) is 0 Å². The molecule has 24 heavy (non-hydrogen) atoms. The van der Waals surface area contributed by atoms with E-state index in [1.807, 2.05) is 0 Å². The first-order valence-electron chi connectivity index (χ1n) is 9.38. The number of fused-ring (bicyclic) bond motifs is 1. The van der Waals surface area contributed by atoms with Crippen LogP contribution in [0.3, 0.4) is 0 Å². The van der Waals surface area contributed by atoms with Gasteiger partial charge >= 0.3 is 0 Å². The number of nitrogens with zero attached hydrogens (tertiary/aromatic N) is 1. The topological polar surface area (TPSA) is 12.5 Å². The summed E-state index contributed by atoms with van der Waals surface area (Å²) < 4.78 is 6.14. The molecule has 2 aliphatic rings. The Labute approximate surface area is 147 Å². The van der Waals surface area contributed by atoms with E-state index in [1.165, 1.54) is 24.1 Å². The molecule has 130 valence electrons. The molecule has 2 heteroatoms. The number of piperidine rings is 1. The highest BCUT2D eigenvalue weighted by Gasteiger charge is 2.41. The summed E-state index contributed by atoms with van der Waals surface area (Å²) in [6.45, 7) is 11.0. The Kier molecular flexibility index (Phi) is 5.03. The maximum atomic E-state index is 6.14. The zero-order chi connectivity index (χ0) is 17.2. The fraction of sp³-hybridized carbons (Fsp3) is 0.545. The molecule has 0 spiro atoms. The zero-order valence-corrected chi connectivity index (χ0v) is 15.6. The van der Waals surface area contributed by atoms with E-state index in [-0.39, 0.29) is 5.54 Å². The standard InChI is InChI=1S/C22H31NO/c1-5-18-10-6-9-13-21(18)24-15-14-23-20-12-8-7-11-19(20)17(2)16-22(23,3)4/h6-10,12-13,17,19H,5,11,14-16H2,1-4H3. The maximum Gasteiger partial charge on any atom is 0.122 e. The highest BCUT2D eigenvalue weighted by Crippen LogP contribution is 2.44. The molecule has 0 saturated carbocycles.